The molecular weight excluding hydrogens is 288 g/mol. The van der Waals surface area contributed by atoms with E-state index < -0.39 is 20.8 Å². The highest BCUT2D eigenvalue weighted by Crippen LogP contribution is 2.19. The van der Waals surface area contributed by atoms with Gasteiger partial charge in [-0.15, -0.1) is 0 Å². The first-order valence-corrected chi connectivity index (χ1v) is 8.34. The molecule has 0 aromatic heterocycles. The quantitative estimate of drug-likeness (QED) is 0.837. The van der Waals surface area contributed by atoms with Gasteiger partial charge in [0.1, 0.15) is 5.75 Å². The van der Waals surface area contributed by atoms with Crippen molar-refractivity contribution in [2.45, 2.75) is 44.4 Å². The number of ether oxygens (including phenoxy) is 1. The van der Waals surface area contributed by atoms with Crippen LogP contribution in [-0.4, -0.2) is 26.3 Å². The molecule has 0 fully saturated rings. The Kier molecular flexibility index (Phi) is 5.76. The molecule has 0 bridgehead atoms. The number of hydrogen-bond donors (Lipinski definition) is 1. The Bertz CT molecular complexity index is 618. The number of rotatable bonds is 7. The number of sulfonamides is 1. The van der Waals surface area contributed by atoms with Gasteiger partial charge in [-0.1, -0.05) is 19.1 Å². The number of nitrogens with zero attached hydrogens (tertiary/aromatic N) is 1. The second kappa shape index (κ2) is 6.92. The van der Waals surface area contributed by atoms with Crippen molar-refractivity contribution in [2.75, 3.05) is 7.11 Å². The normalized spacial score (nSPS) is 13.5. The number of hydrogen-bond acceptors (Lipinski definition) is 4. The van der Waals surface area contributed by atoms with Gasteiger partial charge in [-0.25, -0.2) is 13.1 Å². The molecule has 0 aliphatic carbocycles. The van der Waals surface area contributed by atoms with Gasteiger partial charge in [-0.3, -0.25) is 0 Å². The van der Waals surface area contributed by atoms with Crippen LogP contribution in [0.25, 0.3) is 0 Å². The summed E-state index contributed by atoms with van der Waals surface area (Å²) in [5, 5.41) is 7.90. The van der Waals surface area contributed by atoms with E-state index in [0.29, 0.717) is 6.42 Å². The predicted molar refractivity (Wildman–Crippen MR) is 82.5 cm³/mol. The van der Waals surface area contributed by atoms with Gasteiger partial charge in [0.05, 0.1) is 13.2 Å². The summed E-state index contributed by atoms with van der Waals surface area (Å²) in [5.74, 6) is 0.731. The number of nitrogens with one attached hydrogen (secondary N) is 1. The second-order valence-corrected chi connectivity index (χ2v) is 7.45. The molecular formula is C15H22N2O3S. The van der Waals surface area contributed by atoms with E-state index in [4.69, 9.17) is 10.00 Å². The van der Waals surface area contributed by atoms with E-state index in [2.05, 4.69) is 4.72 Å². The second-order valence-electron chi connectivity index (χ2n) is 5.59. The van der Waals surface area contributed by atoms with Crippen LogP contribution in [0.3, 0.4) is 0 Å². The van der Waals surface area contributed by atoms with Crippen LogP contribution in [0.5, 0.6) is 5.75 Å². The first kappa shape index (κ1) is 17.5. The first-order chi connectivity index (χ1) is 9.74. The molecule has 1 rings (SSSR count). The average molecular weight is 310 g/mol. The minimum Gasteiger partial charge on any atom is -0.497 e. The molecule has 0 aliphatic rings. The maximum absolute atomic E-state index is 12.2. The largest absolute Gasteiger partial charge is 0.497 e. The Morgan fingerprint density at radius 2 is 2.10 bits per heavy atom. The van der Waals surface area contributed by atoms with Crippen molar-refractivity contribution in [2.24, 2.45) is 0 Å². The Balaban J connectivity index is 2.89. The minimum absolute atomic E-state index is 0.265. The molecule has 1 atom stereocenters. The molecule has 0 saturated heterocycles. The van der Waals surface area contributed by atoms with Crippen molar-refractivity contribution < 1.29 is 13.2 Å². The van der Waals surface area contributed by atoms with E-state index >= 15 is 0 Å². The highest BCUT2D eigenvalue weighted by atomic mass is 32.2. The van der Waals surface area contributed by atoms with Crippen LogP contribution < -0.4 is 9.46 Å². The molecule has 0 heterocycles. The summed E-state index contributed by atoms with van der Waals surface area (Å²) in [6, 6.07) is 9.32. The predicted octanol–water partition coefficient (Wildman–Crippen LogP) is 2.24. The van der Waals surface area contributed by atoms with Crippen LogP contribution in [0.15, 0.2) is 24.3 Å². The molecule has 0 spiro atoms. The van der Waals surface area contributed by atoms with Crippen LogP contribution in [0, 0.1) is 11.3 Å². The van der Waals surface area contributed by atoms with Gasteiger partial charge in [-0.05, 0) is 44.4 Å². The number of methoxy groups -OCH3 is 1. The molecule has 6 heteroatoms. The van der Waals surface area contributed by atoms with Gasteiger partial charge >= 0.3 is 0 Å². The van der Waals surface area contributed by atoms with Crippen LogP contribution >= 0.6 is 0 Å². The van der Waals surface area contributed by atoms with Crippen molar-refractivity contribution in [1.29, 1.82) is 5.26 Å². The maximum atomic E-state index is 12.2. The molecule has 1 N–H and O–H groups in total. The maximum Gasteiger partial charge on any atom is 0.228 e. The third-order valence-electron chi connectivity index (χ3n) is 3.09. The first-order valence-electron chi connectivity index (χ1n) is 6.79. The summed E-state index contributed by atoms with van der Waals surface area (Å²) >= 11 is 0. The Morgan fingerprint density at radius 1 is 1.43 bits per heavy atom. The fourth-order valence-electron chi connectivity index (χ4n) is 2.17. The lowest BCUT2D eigenvalue weighted by atomic mass is 9.96. The SMILES string of the molecule is CCC(C#N)S(=O)(=O)NC(C)(C)Cc1cccc(OC)c1. The molecule has 0 amide bonds. The van der Waals surface area contributed by atoms with Gasteiger partial charge < -0.3 is 4.74 Å². The third kappa shape index (κ3) is 5.03. The standard InChI is InChI=1S/C15H22N2O3S/c1-5-14(11-16)21(18,19)17-15(2,3)10-12-7-6-8-13(9-12)20-4/h6-9,14,17H,5,10H2,1-4H3. The molecule has 21 heavy (non-hydrogen) atoms. The summed E-state index contributed by atoms with van der Waals surface area (Å²) in [6.07, 6.45) is 0.770. The molecule has 1 aromatic carbocycles. The highest BCUT2D eigenvalue weighted by Gasteiger charge is 2.30. The van der Waals surface area contributed by atoms with Crippen molar-refractivity contribution in [3.63, 3.8) is 0 Å². The van der Waals surface area contributed by atoms with Gasteiger partial charge in [0.15, 0.2) is 5.25 Å². The summed E-state index contributed by atoms with van der Waals surface area (Å²) in [6.45, 7) is 5.28. The number of nitriles is 1. The minimum atomic E-state index is -3.66. The van der Waals surface area contributed by atoms with Crippen LogP contribution in [0.4, 0.5) is 0 Å². The van der Waals surface area contributed by atoms with E-state index in [1.807, 2.05) is 30.3 Å². The highest BCUT2D eigenvalue weighted by molar-refractivity contribution is 7.90. The van der Waals surface area contributed by atoms with Crippen molar-refractivity contribution in [3.8, 4) is 11.8 Å². The average Bonchev–Trinajstić information content (AvgIpc) is 2.37. The summed E-state index contributed by atoms with van der Waals surface area (Å²) < 4.78 is 32.1. The molecule has 0 radical (unpaired) electrons. The molecule has 0 saturated carbocycles. The molecule has 1 aromatic rings. The van der Waals surface area contributed by atoms with Crippen LogP contribution in [0.1, 0.15) is 32.8 Å². The summed E-state index contributed by atoms with van der Waals surface area (Å²) in [7, 11) is -2.07. The van der Waals surface area contributed by atoms with Crippen LogP contribution in [-0.2, 0) is 16.4 Å². The van der Waals surface area contributed by atoms with Crippen molar-refractivity contribution >= 4 is 10.0 Å². The van der Waals surface area contributed by atoms with Gasteiger partial charge in [0.2, 0.25) is 10.0 Å². The summed E-state index contributed by atoms with van der Waals surface area (Å²) in [5.41, 5.74) is 0.280. The smallest absolute Gasteiger partial charge is 0.228 e. The van der Waals surface area contributed by atoms with E-state index in [9.17, 15) is 8.42 Å². The van der Waals surface area contributed by atoms with Crippen LogP contribution in [0.2, 0.25) is 0 Å². The van der Waals surface area contributed by atoms with Crippen molar-refractivity contribution in [3.05, 3.63) is 29.8 Å². The molecule has 116 valence electrons. The monoisotopic (exact) mass is 310 g/mol. The lowest BCUT2D eigenvalue weighted by molar-refractivity contribution is 0.412. The zero-order chi connectivity index (χ0) is 16.1. The van der Waals surface area contributed by atoms with Gasteiger partial charge in [-0.2, -0.15) is 5.26 Å². The van der Waals surface area contributed by atoms with E-state index in [0.717, 1.165) is 11.3 Å². The summed E-state index contributed by atoms with van der Waals surface area (Å²) in [4.78, 5) is 0. The Morgan fingerprint density at radius 3 is 2.62 bits per heavy atom. The molecule has 0 aliphatic heterocycles. The molecule has 1 unspecified atom stereocenters. The van der Waals surface area contributed by atoms with E-state index in [1.165, 1.54) is 0 Å². The van der Waals surface area contributed by atoms with Gasteiger partial charge in [0, 0.05) is 5.54 Å². The third-order valence-corrected chi connectivity index (χ3v) is 5.11. The number of benzene rings is 1. The Labute approximate surface area is 127 Å². The van der Waals surface area contributed by atoms with E-state index in [-0.39, 0.29) is 6.42 Å². The fourth-order valence-corrected chi connectivity index (χ4v) is 3.73. The topological polar surface area (TPSA) is 79.2 Å². The fraction of sp³-hybridized carbons (Fsp3) is 0.533. The lowest BCUT2D eigenvalue weighted by Crippen LogP contribution is -2.48. The lowest BCUT2D eigenvalue weighted by Gasteiger charge is -2.27. The molecule has 5 nitrogen and oxygen atoms in total. The van der Waals surface area contributed by atoms with E-state index in [1.54, 1.807) is 27.9 Å². The zero-order valence-corrected chi connectivity index (χ0v) is 13.7. The van der Waals surface area contributed by atoms with Crippen molar-refractivity contribution in [1.82, 2.24) is 4.72 Å². The zero-order valence-electron chi connectivity index (χ0n) is 12.9. The Hall–Kier alpha value is -1.58. The van der Waals surface area contributed by atoms with Gasteiger partial charge in [0.25, 0.3) is 0 Å².